The highest BCUT2D eigenvalue weighted by atomic mass is 16.6. The molecule has 2 saturated heterocycles. The highest BCUT2D eigenvalue weighted by molar-refractivity contribution is 5.69. The van der Waals surface area contributed by atoms with Gasteiger partial charge in [-0.25, -0.2) is 0 Å². The van der Waals surface area contributed by atoms with Crippen LogP contribution in [0.5, 0.6) is 46.0 Å². The summed E-state index contributed by atoms with van der Waals surface area (Å²) in [6, 6.07) is 0. The van der Waals surface area contributed by atoms with E-state index in [9.17, 15) is 5.11 Å². The quantitative estimate of drug-likeness (QED) is 0.101. The summed E-state index contributed by atoms with van der Waals surface area (Å²) in [5.74, 6) is 7.20. The molecule has 0 aromatic heterocycles. The Bertz CT molecular complexity index is 2460. The molecule has 4 heterocycles. The zero-order chi connectivity index (χ0) is 44.7. The Balaban J connectivity index is 1.00. The molecule has 62 heavy (non-hydrogen) atoms. The smallest absolute Gasteiger partial charge is 0.134 e. The lowest BCUT2D eigenvalue weighted by atomic mass is 9.86. The highest BCUT2D eigenvalue weighted by Gasteiger charge is 2.36. The van der Waals surface area contributed by atoms with E-state index in [1.165, 1.54) is 0 Å². The van der Waals surface area contributed by atoms with Gasteiger partial charge in [-0.3, -0.25) is 0 Å². The zero-order valence-corrected chi connectivity index (χ0v) is 39.9. The number of aliphatic hydroxyl groups excluding tert-OH is 1. The maximum absolute atomic E-state index is 11.7. The number of hydrogen-bond donors (Lipinski definition) is 1. The van der Waals surface area contributed by atoms with Crippen molar-refractivity contribution in [1.29, 1.82) is 0 Å². The van der Waals surface area contributed by atoms with Crippen LogP contribution in [0.25, 0.3) is 0 Å². The van der Waals surface area contributed by atoms with Crippen molar-refractivity contribution in [2.75, 3.05) is 26.4 Å². The number of fused-ring (bicyclic) bond motifs is 4. The lowest BCUT2D eigenvalue weighted by Crippen LogP contribution is -2.38. The van der Waals surface area contributed by atoms with E-state index in [-0.39, 0.29) is 18.8 Å². The van der Waals surface area contributed by atoms with Gasteiger partial charge in [-0.15, -0.1) is 0 Å². The van der Waals surface area contributed by atoms with Crippen LogP contribution >= 0.6 is 0 Å². The van der Waals surface area contributed by atoms with E-state index in [2.05, 4.69) is 104 Å². The lowest BCUT2D eigenvalue weighted by molar-refractivity contribution is 0.00329. The van der Waals surface area contributed by atoms with E-state index in [1.807, 2.05) is 0 Å². The monoisotopic (exact) mass is 848 g/mol. The second-order valence-corrected chi connectivity index (χ2v) is 19.1. The molecule has 2 fully saturated rings. The molecule has 9 heteroatoms. The number of ether oxygens (including phenoxy) is 8. The third-order valence-corrected chi connectivity index (χ3v) is 14.7. The van der Waals surface area contributed by atoms with Crippen LogP contribution in [0.2, 0.25) is 0 Å². The molecule has 0 saturated carbocycles. The van der Waals surface area contributed by atoms with Gasteiger partial charge in [0.2, 0.25) is 0 Å². The number of aliphatic hydroxyl groups is 1. The van der Waals surface area contributed by atoms with Gasteiger partial charge in [-0.2, -0.15) is 0 Å². The molecule has 5 unspecified atom stereocenters. The molecule has 9 nitrogen and oxygen atoms in total. The molecule has 4 aliphatic heterocycles. The van der Waals surface area contributed by atoms with Crippen molar-refractivity contribution in [3.63, 3.8) is 0 Å². The molecule has 0 radical (unpaired) electrons. The SMILES string of the molecule is CCC(C)(CC(O)COc1c(C)c(C)c2c(c1C)Cc1c(C)c(OC(C)CC3CO3)c(C)c(C)c1O2)Oc1c(C)c(C)c2c(c1C)Cc1c(C)c(OCC3CO3)c(C)c(C)c1O2. The summed E-state index contributed by atoms with van der Waals surface area (Å²) < 4.78 is 51.1. The summed E-state index contributed by atoms with van der Waals surface area (Å²) in [4.78, 5) is 0. The van der Waals surface area contributed by atoms with Crippen LogP contribution in [0, 0.1) is 83.1 Å². The molecule has 0 amide bonds. The van der Waals surface area contributed by atoms with Gasteiger partial charge in [-0.05, 0) is 170 Å². The Hall–Kier alpha value is -4.44. The minimum absolute atomic E-state index is 0.0514. The second kappa shape index (κ2) is 16.6. The Kier molecular flexibility index (Phi) is 11.8. The average Bonchev–Trinajstić information content (AvgIpc) is 4.20. The van der Waals surface area contributed by atoms with Crippen molar-refractivity contribution in [3.05, 3.63) is 89.0 Å². The van der Waals surface area contributed by atoms with Gasteiger partial charge < -0.3 is 43.0 Å². The van der Waals surface area contributed by atoms with Crippen molar-refractivity contribution in [2.45, 2.75) is 166 Å². The first kappa shape index (κ1) is 44.2. The topological polar surface area (TPSA) is 101 Å². The van der Waals surface area contributed by atoms with Crippen LogP contribution in [0.4, 0.5) is 0 Å². The zero-order valence-electron chi connectivity index (χ0n) is 39.9. The summed E-state index contributed by atoms with van der Waals surface area (Å²) in [5, 5.41) is 11.7. The van der Waals surface area contributed by atoms with Crippen molar-refractivity contribution in [1.82, 2.24) is 0 Å². The molecule has 4 aliphatic rings. The Morgan fingerprint density at radius 2 is 0.968 bits per heavy atom. The predicted octanol–water partition coefficient (Wildman–Crippen LogP) is 11.5. The normalized spacial score (nSPS) is 18.8. The number of rotatable bonds is 15. The Labute approximate surface area is 369 Å². The summed E-state index contributed by atoms with van der Waals surface area (Å²) in [7, 11) is 0. The summed E-state index contributed by atoms with van der Waals surface area (Å²) in [6.07, 6.45) is 3.16. The van der Waals surface area contributed by atoms with Crippen LogP contribution in [-0.4, -0.2) is 61.6 Å². The lowest BCUT2D eigenvalue weighted by Gasteiger charge is -2.35. The van der Waals surface area contributed by atoms with Gasteiger partial charge in [0.25, 0.3) is 0 Å². The summed E-state index contributed by atoms with van der Waals surface area (Å²) >= 11 is 0. The first-order valence-corrected chi connectivity index (χ1v) is 22.7. The number of benzene rings is 4. The van der Waals surface area contributed by atoms with Crippen LogP contribution in [0.3, 0.4) is 0 Å². The molecular weight excluding hydrogens is 781 g/mol. The molecule has 8 rings (SSSR count). The molecule has 5 atom stereocenters. The van der Waals surface area contributed by atoms with Gasteiger partial charge in [-0.1, -0.05) is 6.92 Å². The number of hydrogen-bond acceptors (Lipinski definition) is 9. The van der Waals surface area contributed by atoms with Gasteiger partial charge in [0.15, 0.2) is 0 Å². The third-order valence-electron chi connectivity index (χ3n) is 14.7. The Morgan fingerprint density at radius 1 is 0.565 bits per heavy atom. The maximum Gasteiger partial charge on any atom is 0.134 e. The molecule has 1 N–H and O–H groups in total. The van der Waals surface area contributed by atoms with E-state index in [1.54, 1.807) is 0 Å². The molecule has 0 spiro atoms. The summed E-state index contributed by atoms with van der Waals surface area (Å²) in [6.45, 7) is 34.1. The number of epoxide rings is 2. The fourth-order valence-corrected chi connectivity index (χ4v) is 9.75. The van der Waals surface area contributed by atoms with Crippen molar-refractivity contribution >= 4 is 0 Å². The molecule has 0 aliphatic carbocycles. The van der Waals surface area contributed by atoms with Gasteiger partial charge >= 0.3 is 0 Å². The van der Waals surface area contributed by atoms with Crippen molar-refractivity contribution < 1.29 is 43.0 Å². The van der Waals surface area contributed by atoms with Gasteiger partial charge in [0.1, 0.15) is 70.9 Å². The molecular formula is C53H68O9. The molecule has 334 valence electrons. The maximum atomic E-state index is 11.7. The van der Waals surface area contributed by atoms with Crippen LogP contribution in [0.15, 0.2) is 0 Å². The van der Waals surface area contributed by atoms with E-state index in [0.717, 1.165) is 161 Å². The van der Waals surface area contributed by atoms with E-state index >= 15 is 0 Å². The highest BCUT2D eigenvalue weighted by Crippen LogP contribution is 2.52. The Morgan fingerprint density at radius 3 is 1.42 bits per heavy atom. The van der Waals surface area contributed by atoms with Crippen LogP contribution < -0.4 is 28.4 Å². The van der Waals surface area contributed by atoms with Crippen molar-refractivity contribution in [2.24, 2.45) is 0 Å². The van der Waals surface area contributed by atoms with Crippen LogP contribution in [-0.2, 0) is 22.3 Å². The standard InChI is InChI=1S/C53H68O9/c1-16-53(15,62-48-29(6)33(10)52-44(37(48)14)19-42-35(12)46(58-24-40-23-56-40)27(4)31(8)50(42)61-52)20-38(54)21-57-45-26(3)30(7)49-41(34(45)11)18-43-36(13)47(28(5)32(9)51(43)60-49)59-25(2)17-39-22-55-39/h25,38-40,54H,16-24H2,1-15H3. The minimum atomic E-state index is -0.773. The fraction of sp³-hybridized carbons (Fsp3) is 0.547. The van der Waals surface area contributed by atoms with E-state index < -0.39 is 11.7 Å². The largest absolute Gasteiger partial charge is 0.490 e. The van der Waals surface area contributed by atoms with Gasteiger partial charge in [0, 0.05) is 47.9 Å². The van der Waals surface area contributed by atoms with Gasteiger partial charge in [0.05, 0.1) is 31.5 Å². The fourth-order valence-electron chi connectivity index (χ4n) is 9.75. The minimum Gasteiger partial charge on any atom is -0.490 e. The third kappa shape index (κ3) is 7.91. The molecule has 0 bridgehead atoms. The first-order valence-electron chi connectivity index (χ1n) is 22.7. The second-order valence-electron chi connectivity index (χ2n) is 19.1. The average molecular weight is 849 g/mol. The van der Waals surface area contributed by atoms with Crippen LogP contribution in [0.1, 0.15) is 129 Å². The van der Waals surface area contributed by atoms with Crippen molar-refractivity contribution in [3.8, 4) is 46.0 Å². The molecule has 4 aromatic carbocycles. The van der Waals surface area contributed by atoms with E-state index in [0.29, 0.717) is 32.0 Å². The molecule has 4 aromatic rings. The first-order chi connectivity index (χ1) is 29.3. The predicted molar refractivity (Wildman–Crippen MR) is 243 cm³/mol. The summed E-state index contributed by atoms with van der Waals surface area (Å²) in [5.41, 5.74) is 16.8. The van der Waals surface area contributed by atoms with E-state index in [4.69, 9.17) is 37.9 Å².